The van der Waals surface area contributed by atoms with E-state index < -0.39 is 0 Å². The van der Waals surface area contributed by atoms with E-state index >= 15 is 0 Å². The molecule has 0 radical (unpaired) electrons. The van der Waals surface area contributed by atoms with Crippen molar-refractivity contribution in [2.24, 2.45) is 0 Å². The molecular weight excluding hydrogens is 472 g/mol. The Kier molecular flexibility index (Phi) is 6.90. The Morgan fingerprint density at radius 3 is 2.28 bits per heavy atom. The lowest BCUT2D eigenvalue weighted by Crippen LogP contribution is -2.48. The molecule has 1 aliphatic heterocycles. The van der Waals surface area contributed by atoms with Crippen molar-refractivity contribution in [3.05, 3.63) is 83.2 Å². The molecule has 3 heterocycles. The van der Waals surface area contributed by atoms with Gasteiger partial charge in [0.05, 0.1) is 11.3 Å². The lowest BCUT2D eigenvalue weighted by Gasteiger charge is -2.36. The summed E-state index contributed by atoms with van der Waals surface area (Å²) >= 11 is 1.55. The van der Waals surface area contributed by atoms with E-state index in [1.165, 1.54) is 6.92 Å². The number of carbonyl (C=O) groups excluding carboxylic acids is 2. The largest absolute Gasteiger partial charge is 0.368 e. The van der Waals surface area contributed by atoms with Gasteiger partial charge in [0.15, 0.2) is 0 Å². The van der Waals surface area contributed by atoms with Crippen LogP contribution in [0.2, 0.25) is 0 Å². The highest BCUT2D eigenvalue weighted by Crippen LogP contribution is 2.24. The fourth-order valence-electron chi connectivity index (χ4n) is 4.13. The first-order chi connectivity index (χ1) is 17.5. The molecule has 1 saturated heterocycles. The van der Waals surface area contributed by atoms with Crippen molar-refractivity contribution in [2.45, 2.75) is 6.92 Å². The summed E-state index contributed by atoms with van der Waals surface area (Å²) in [6.07, 6.45) is 1.72. The van der Waals surface area contributed by atoms with E-state index in [4.69, 9.17) is 0 Å². The van der Waals surface area contributed by atoms with Gasteiger partial charge in [0.2, 0.25) is 11.9 Å². The number of hydrogen-bond acceptors (Lipinski definition) is 7. The van der Waals surface area contributed by atoms with Gasteiger partial charge in [-0.25, -0.2) is 9.97 Å². The molecule has 2 amide bonds. The number of amides is 2. The standard InChI is InChI=1S/C27H26N6O2S/c1-19(34)29-22-4-2-20(3-5-22)25-10-12-28-27(31-25)30-23-6-8-24(9-7-23)32-13-15-33(16-14-32)26(35)21-11-17-36-18-21/h2-12,17-18H,13-16H2,1H3,(H,29,34)(H,28,30,31). The highest BCUT2D eigenvalue weighted by molar-refractivity contribution is 7.08. The molecule has 0 saturated carbocycles. The first-order valence-corrected chi connectivity index (χ1v) is 12.6. The minimum absolute atomic E-state index is 0.103. The number of aromatic nitrogens is 2. The third-order valence-corrected chi connectivity index (χ3v) is 6.66. The summed E-state index contributed by atoms with van der Waals surface area (Å²) in [4.78, 5) is 37.0. The first-order valence-electron chi connectivity index (χ1n) is 11.7. The minimum Gasteiger partial charge on any atom is -0.368 e. The van der Waals surface area contributed by atoms with Crippen LogP contribution in [0.3, 0.4) is 0 Å². The molecule has 5 rings (SSSR count). The summed E-state index contributed by atoms with van der Waals surface area (Å²) in [7, 11) is 0. The molecule has 1 fully saturated rings. The van der Waals surface area contributed by atoms with Gasteiger partial charge < -0.3 is 20.4 Å². The Morgan fingerprint density at radius 1 is 0.889 bits per heavy atom. The normalized spacial score (nSPS) is 13.4. The Morgan fingerprint density at radius 2 is 1.61 bits per heavy atom. The Bertz CT molecular complexity index is 1330. The first kappa shape index (κ1) is 23.5. The molecule has 2 aromatic carbocycles. The number of piperazine rings is 1. The van der Waals surface area contributed by atoms with Crippen molar-refractivity contribution in [1.82, 2.24) is 14.9 Å². The summed E-state index contributed by atoms with van der Waals surface area (Å²) in [6, 6.07) is 19.4. The number of carbonyl (C=O) groups is 2. The quantitative estimate of drug-likeness (QED) is 0.394. The lowest BCUT2D eigenvalue weighted by molar-refractivity contribution is -0.114. The maximum atomic E-state index is 12.6. The average molecular weight is 499 g/mol. The maximum absolute atomic E-state index is 12.6. The molecule has 9 heteroatoms. The average Bonchev–Trinajstić information content (AvgIpc) is 3.44. The van der Waals surface area contributed by atoms with Crippen molar-refractivity contribution in [3.8, 4) is 11.3 Å². The van der Waals surface area contributed by atoms with Crippen molar-refractivity contribution in [3.63, 3.8) is 0 Å². The molecule has 182 valence electrons. The summed E-state index contributed by atoms with van der Waals surface area (Å²) < 4.78 is 0. The molecule has 0 unspecified atom stereocenters. The summed E-state index contributed by atoms with van der Waals surface area (Å²) in [5, 5.41) is 9.88. The molecule has 0 spiro atoms. The third kappa shape index (κ3) is 5.52. The topological polar surface area (TPSA) is 90.5 Å². The Labute approximate surface area is 213 Å². The molecule has 4 aromatic rings. The minimum atomic E-state index is -0.103. The summed E-state index contributed by atoms with van der Waals surface area (Å²) in [6.45, 7) is 4.50. The van der Waals surface area contributed by atoms with Crippen molar-refractivity contribution >= 4 is 46.2 Å². The Balaban J connectivity index is 1.19. The summed E-state index contributed by atoms with van der Waals surface area (Å²) in [5.74, 6) is 0.516. The van der Waals surface area contributed by atoms with Gasteiger partial charge >= 0.3 is 0 Å². The predicted octanol–water partition coefficient (Wildman–Crippen LogP) is 4.87. The second kappa shape index (κ2) is 10.6. The lowest BCUT2D eigenvalue weighted by atomic mass is 10.1. The zero-order chi connectivity index (χ0) is 24.9. The van der Waals surface area contributed by atoms with Crippen LogP contribution in [-0.2, 0) is 4.79 Å². The van der Waals surface area contributed by atoms with Crippen molar-refractivity contribution in [2.75, 3.05) is 41.7 Å². The van der Waals surface area contributed by atoms with E-state index in [0.717, 1.165) is 47.0 Å². The van der Waals surface area contributed by atoms with Crippen LogP contribution in [0.1, 0.15) is 17.3 Å². The van der Waals surface area contributed by atoms with Gasteiger partial charge in [-0.3, -0.25) is 9.59 Å². The number of rotatable bonds is 6. The smallest absolute Gasteiger partial charge is 0.254 e. The highest BCUT2D eigenvalue weighted by Gasteiger charge is 2.22. The zero-order valence-electron chi connectivity index (χ0n) is 19.8. The molecule has 0 bridgehead atoms. The molecule has 1 aliphatic rings. The van der Waals surface area contributed by atoms with Gasteiger partial charge in [0.1, 0.15) is 0 Å². The van der Waals surface area contributed by atoms with Crippen LogP contribution in [0, 0.1) is 0 Å². The second-order valence-electron chi connectivity index (χ2n) is 8.49. The maximum Gasteiger partial charge on any atom is 0.254 e. The molecule has 36 heavy (non-hydrogen) atoms. The van der Waals surface area contributed by atoms with Crippen LogP contribution < -0.4 is 15.5 Å². The second-order valence-corrected chi connectivity index (χ2v) is 9.27. The van der Waals surface area contributed by atoms with E-state index in [1.807, 2.05) is 64.2 Å². The molecule has 2 aromatic heterocycles. The van der Waals surface area contributed by atoms with Crippen LogP contribution in [0.4, 0.5) is 23.0 Å². The number of anilines is 4. The van der Waals surface area contributed by atoms with Gasteiger partial charge in [0, 0.05) is 67.3 Å². The number of nitrogens with one attached hydrogen (secondary N) is 2. The molecular formula is C27H26N6O2S. The zero-order valence-corrected chi connectivity index (χ0v) is 20.7. The molecule has 0 atom stereocenters. The van der Waals surface area contributed by atoms with Crippen LogP contribution in [0.25, 0.3) is 11.3 Å². The third-order valence-electron chi connectivity index (χ3n) is 5.98. The van der Waals surface area contributed by atoms with Crippen molar-refractivity contribution < 1.29 is 9.59 Å². The van der Waals surface area contributed by atoms with Crippen LogP contribution in [0.15, 0.2) is 77.6 Å². The van der Waals surface area contributed by atoms with E-state index in [9.17, 15) is 9.59 Å². The SMILES string of the molecule is CC(=O)Nc1ccc(-c2ccnc(Nc3ccc(N4CCN(C(=O)c5ccsc5)CC4)cc3)n2)cc1. The molecule has 8 nitrogen and oxygen atoms in total. The van der Waals surface area contributed by atoms with Crippen LogP contribution >= 0.6 is 11.3 Å². The van der Waals surface area contributed by atoms with E-state index in [1.54, 1.807) is 17.5 Å². The van der Waals surface area contributed by atoms with Gasteiger partial charge in [-0.15, -0.1) is 0 Å². The predicted molar refractivity (Wildman–Crippen MR) is 144 cm³/mol. The number of thiophene rings is 1. The fourth-order valence-corrected chi connectivity index (χ4v) is 4.76. The number of benzene rings is 2. The van der Waals surface area contributed by atoms with Gasteiger partial charge in [-0.1, -0.05) is 12.1 Å². The molecule has 0 aliphatic carbocycles. The van der Waals surface area contributed by atoms with E-state index in [2.05, 4.69) is 37.6 Å². The Hall–Kier alpha value is -4.24. The van der Waals surface area contributed by atoms with Gasteiger partial charge in [-0.2, -0.15) is 11.3 Å². The van der Waals surface area contributed by atoms with E-state index in [0.29, 0.717) is 19.0 Å². The fraction of sp³-hybridized carbons (Fsp3) is 0.185. The van der Waals surface area contributed by atoms with Gasteiger partial charge in [0.25, 0.3) is 5.91 Å². The monoisotopic (exact) mass is 498 g/mol. The molecule has 2 N–H and O–H groups in total. The van der Waals surface area contributed by atoms with Crippen molar-refractivity contribution in [1.29, 1.82) is 0 Å². The number of hydrogen-bond donors (Lipinski definition) is 2. The van der Waals surface area contributed by atoms with Gasteiger partial charge in [-0.05, 0) is 53.9 Å². The summed E-state index contributed by atoms with van der Waals surface area (Å²) in [5.41, 5.74) is 5.25. The van der Waals surface area contributed by atoms with E-state index in [-0.39, 0.29) is 11.8 Å². The highest BCUT2D eigenvalue weighted by atomic mass is 32.1. The van der Waals surface area contributed by atoms with Crippen LogP contribution in [-0.4, -0.2) is 52.9 Å². The van der Waals surface area contributed by atoms with Crippen LogP contribution in [0.5, 0.6) is 0 Å². The number of nitrogens with zero attached hydrogens (tertiary/aromatic N) is 4.